The first-order valence-electron chi connectivity index (χ1n) is 3.93. The van der Waals surface area contributed by atoms with Crippen molar-refractivity contribution >= 4 is 0 Å². The van der Waals surface area contributed by atoms with E-state index < -0.39 is 6.10 Å². The van der Waals surface area contributed by atoms with Crippen LogP contribution in [-0.2, 0) is 0 Å². The number of aliphatic hydroxyl groups is 2. The van der Waals surface area contributed by atoms with E-state index in [1.165, 1.54) is 12.1 Å². The Morgan fingerprint density at radius 1 is 1.38 bits per heavy atom. The maximum atomic E-state index is 9.04. The maximum absolute atomic E-state index is 9.04. The van der Waals surface area contributed by atoms with Crippen LogP contribution in [0.15, 0.2) is 24.3 Å². The number of ether oxygens (including phenoxy) is 1. The number of aliphatic hydroxyl groups excluding tert-OH is 2. The lowest BCUT2D eigenvalue weighted by molar-refractivity contribution is 0.0535. The number of aromatic hydroxyl groups is 1. The summed E-state index contributed by atoms with van der Waals surface area (Å²) in [5.41, 5.74) is 0. The van der Waals surface area contributed by atoms with Gasteiger partial charge in [0.2, 0.25) is 0 Å². The fourth-order valence-corrected chi connectivity index (χ4v) is 0.818. The average Bonchev–Trinajstić information content (AvgIpc) is 2.14. The highest BCUT2D eigenvalue weighted by atomic mass is 16.5. The topological polar surface area (TPSA) is 69.9 Å². The summed E-state index contributed by atoms with van der Waals surface area (Å²) in [7, 11) is 0. The molecule has 1 aromatic rings. The molecule has 0 radical (unpaired) electrons. The van der Waals surface area contributed by atoms with E-state index in [1.807, 2.05) is 0 Å². The summed E-state index contributed by atoms with van der Waals surface area (Å²) in [5, 5.41) is 26.5. The van der Waals surface area contributed by atoms with Gasteiger partial charge in [-0.3, -0.25) is 0 Å². The van der Waals surface area contributed by atoms with Crippen molar-refractivity contribution < 1.29 is 20.1 Å². The van der Waals surface area contributed by atoms with Gasteiger partial charge < -0.3 is 20.1 Å². The lowest BCUT2D eigenvalue weighted by atomic mass is 10.3. The monoisotopic (exact) mass is 184 g/mol. The third kappa shape index (κ3) is 3.31. The molecular weight excluding hydrogens is 172 g/mol. The molecule has 0 aliphatic carbocycles. The van der Waals surface area contributed by atoms with Crippen molar-refractivity contribution in [3.8, 4) is 11.5 Å². The normalized spacial score (nSPS) is 12.5. The van der Waals surface area contributed by atoms with E-state index in [4.69, 9.17) is 20.1 Å². The Morgan fingerprint density at radius 2 is 2.15 bits per heavy atom. The van der Waals surface area contributed by atoms with Crippen molar-refractivity contribution in [3.05, 3.63) is 24.3 Å². The molecule has 0 saturated carbocycles. The first-order valence-corrected chi connectivity index (χ1v) is 3.93. The van der Waals surface area contributed by atoms with Crippen LogP contribution < -0.4 is 4.74 Å². The van der Waals surface area contributed by atoms with Gasteiger partial charge in [0.15, 0.2) is 0 Å². The molecule has 1 unspecified atom stereocenters. The lowest BCUT2D eigenvalue weighted by Gasteiger charge is -2.09. The lowest BCUT2D eigenvalue weighted by Crippen LogP contribution is -2.21. The highest BCUT2D eigenvalue weighted by Crippen LogP contribution is 2.17. The molecule has 0 amide bonds. The molecule has 4 heteroatoms. The van der Waals surface area contributed by atoms with Crippen LogP contribution in [0.25, 0.3) is 0 Å². The molecule has 0 aliphatic heterocycles. The molecule has 13 heavy (non-hydrogen) atoms. The van der Waals surface area contributed by atoms with Crippen molar-refractivity contribution in [2.24, 2.45) is 0 Å². The van der Waals surface area contributed by atoms with Gasteiger partial charge in [0.1, 0.15) is 24.2 Å². The van der Waals surface area contributed by atoms with Gasteiger partial charge in [-0.1, -0.05) is 6.07 Å². The summed E-state index contributed by atoms with van der Waals surface area (Å²) in [6.45, 7) is -0.321. The summed E-state index contributed by atoms with van der Waals surface area (Å²) in [6.07, 6.45) is -0.887. The van der Waals surface area contributed by atoms with E-state index in [0.717, 1.165) is 0 Å². The fraction of sp³-hybridized carbons (Fsp3) is 0.333. The molecule has 4 nitrogen and oxygen atoms in total. The Labute approximate surface area is 76.0 Å². The van der Waals surface area contributed by atoms with Crippen molar-refractivity contribution in [2.45, 2.75) is 6.10 Å². The third-order valence-corrected chi connectivity index (χ3v) is 1.47. The smallest absolute Gasteiger partial charge is 0.123 e. The SMILES string of the molecule is OCC(O)COc1cccc(O)c1. The minimum absolute atomic E-state index is 0.0138. The number of phenolic OH excluding ortho intramolecular Hbond substituents is 1. The van der Waals surface area contributed by atoms with Crippen LogP contribution in [0, 0.1) is 0 Å². The second-order valence-electron chi connectivity index (χ2n) is 2.64. The second kappa shape index (κ2) is 4.69. The van der Waals surface area contributed by atoms with Gasteiger partial charge in [0.25, 0.3) is 0 Å². The molecule has 1 aromatic carbocycles. The Hall–Kier alpha value is -1.26. The van der Waals surface area contributed by atoms with Crippen LogP contribution in [-0.4, -0.2) is 34.6 Å². The Balaban J connectivity index is 2.45. The van der Waals surface area contributed by atoms with Gasteiger partial charge in [0, 0.05) is 6.07 Å². The molecular formula is C9H12O4. The average molecular weight is 184 g/mol. The molecule has 0 aliphatic rings. The van der Waals surface area contributed by atoms with Crippen molar-refractivity contribution in [1.29, 1.82) is 0 Å². The summed E-state index contributed by atoms with van der Waals surface area (Å²) in [5.74, 6) is 0.573. The van der Waals surface area contributed by atoms with Crippen molar-refractivity contribution in [2.75, 3.05) is 13.2 Å². The highest BCUT2D eigenvalue weighted by Gasteiger charge is 2.02. The van der Waals surface area contributed by atoms with Crippen LogP contribution in [0.1, 0.15) is 0 Å². The van der Waals surface area contributed by atoms with E-state index in [0.29, 0.717) is 5.75 Å². The number of hydrogen-bond donors (Lipinski definition) is 3. The molecule has 0 fully saturated rings. The third-order valence-electron chi connectivity index (χ3n) is 1.47. The standard InChI is InChI=1S/C9H12O4/c10-5-8(12)6-13-9-3-1-2-7(11)4-9/h1-4,8,10-12H,5-6H2. The Kier molecular flexibility index (Phi) is 3.54. The van der Waals surface area contributed by atoms with Crippen LogP contribution >= 0.6 is 0 Å². The first-order chi connectivity index (χ1) is 6.22. The Bertz CT molecular complexity index is 262. The fourth-order valence-electron chi connectivity index (χ4n) is 0.818. The highest BCUT2D eigenvalue weighted by molar-refractivity contribution is 5.31. The molecule has 0 bridgehead atoms. The zero-order valence-electron chi connectivity index (χ0n) is 7.05. The van der Waals surface area contributed by atoms with Gasteiger partial charge >= 0.3 is 0 Å². The van der Waals surface area contributed by atoms with Gasteiger partial charge in [-0.2, -0.15) is 0 Å². The second-order valence-corrected chi connectivity index (χ2v) is 2.64. The van der Waals surface area contributed by atoms with Crippen LogP contribution in [0.5, 0.6) is 11.5 Å². The van der Waals surface area contributed by atoms with Crippen molar-refractivity contribution in [3.63, 3.8) is 0 Å². The number of benzene rings is 1. The molecule has 72 valence electrons. The van der Waals surface area contributed by atoms with Gasteiger partial charge in [-0.25, -0.2) is 0 Å². The largest absolute Gasteiger partial charge is 0.508 e. The van der Waals surface area contributed by atoms with Crippen molar-refractivity contribution in [1.82, 2.24) is 0 Å². The van der Waals surface area contributed by atoms with Gasteiger partial charge in [0.05, 0.1) is 6.61 Å². The zero-order chi connectivity index (χ0) is 9.68. The predicted molar refractivity (Wildman–Crippen MR) is 46.7 cm³/mol. The van der Waals surface area contributed by atoms with E-state index in [-0.39, 0.29) is 19.0 Å². The molecule has 1 atom stereocenters. The minimum Gasteiger partial charge on any atom is -0.508 e. The number of phenols is 1. The molecule has 1 rings (SSSR count). The number of hydrogen-bond acceptors (Lipinski definition) is 4. The maximum Gasteiger partial charge on any atom is 0.123 e. The predicted octanol–water partition coefficient (Wildman–Crippen LogP) is 0.124. The van der Waals surface area contributed by atoms with E-state index in [9.17, 15) is 0 Å². The van der Waals surface area contributed by atoms with E-state index in [1.54, 1.807) is 12.1 Å². The molecule has 0 heterocycles. The molecule has 0 aromatic heterocycles. The first kappa shape index (κ1) is 9.83. The summed E-state index contributed by atoms with van der Waals surface area (Å²) in [6, 6.07) is 6.25. The van der Waals surface area contributed by atoms with E-state index >= 15 is 0 Å². The molecule has 3 N–H and O–H groups in total. The van der Waals surface area contributed by atoms with Gasteiger partial charge in [-0.05, 0) is 12.1 Å². The van der Waals surface area contributed by atoms with E-state index in [2.05, 4.69) is 0 Å². The van der Waals surface area contributed by atoms with Crippen LogP contribution in [0.2, 0.25) is 0 Å². The summed E-state index contributed by atoms with van der Waals surface area (Å²) >= 11 is 0. The number of rotatable bonds is 4. The molecule has 0 spiro atoms. The Morgan fingerprint density at radius 3 is 2.77 bits per heavy atom. The van der Waals surface area contributed by atoms with Crippen LogP contribution in [0.3, 0.4) is 0 Å². The zero-order valence-corrected chi connectivity index (χ0v) is 7.05. The minimum atomic E-state index is -0.887. The summed E-state index contributed by atoms with van der Waals surface area (Å²) < 4.78 is 5.07. The quantitative estimate of drug-likeness (QED) is 0.621. The molecule has 0 saturated heterocycles. The van der Waals surface area contributed by atoms with Crippen LogP contribution in [0.4, 0.5) is 0 Å². The van der Waals surface area contributed by atoms with Gasteiger partial charge in [-0.15, -0.1) is 0 Å². The summed E-state index contributed by atoms with van der Waals surface area (Å²) in [4.78, 5) is 0.